The van der Waals surface area contributed by atoms with Gasteiger partial charge in [0.05, 0.1) is 0 Å². The minimum absolute atomic E-state index is 0.495. The molecule has 2 nitrogen and oxygen atoms in total. The van der Waals surface area contributed by atoms with Crippen molar-refractivity contribution < 1.29 is 0 Å². The van der Waals surface area contributed by atoms with Gasteiger partial charge in [0.15, 0.2) is 0 Å². The third kappa shape index (κ3) is 3.95. The number of hydrogen-bond donors (Lipinski definition) is 1. The molecule has 0 spiro atoms. The van der Waals surface area contributed by atoms with E-state index in [1.807, 2.05) is 23.7 Å². The van der Waals surface area contributed by atoms with Crippen LogP contribution in [0, 0.1) is 6.92 Å². The Labute approximate surface area is 107 Å². The molecule has 0 amide bonds. The van der Waals surface area contributed by atoms with E-state index in [0.717, 1.165) is 13.0 Å². The maximum atomic E-state index is 4.20. The first-order valence-corrected chi connectivity index (χ1v) is 6.78. The third-order valence-electron chi connectivity index (χ3n) is 2.67. The van der Waals surface area contributed by atoms with Gasteiger partial charge in [-0.25, -0.2) is 0 Å². The fourth-order valence-corrected chi connectivity index (χ4v) is 2.64. The molecule has 2 heterocycles. The maximum absolute atomic E-state index is 4.20. The average molecular weight is 246 g/mol. The number of aryl methyl sites for hydroxylation is 1. The molecule has 17 heavy (non-hydrogen) atoms. The lowest BCUT2D eigenvalue weighted by Crippen LogP contribution is -2.27. The van der Waals surface area contributed by atoms with Gasteiger partial charge in [-0.3, -0.25) is 4.98 Å². The standard InChI is InChI=1S/C14H18N2S/c1-11-6-13(9-15-8-11)10-16-12(2)7-14-4-3-5-17-14/h3-6,8-9,12,16H,7,10H2,1-2H3. The molecule has 0 saturated heterocycles. The van der Waals surface area contributed by atoms with Gasteiger partial charge in [0.25, 0.3) is 0 Å². The van der Waals surface area contributed by atoms with Crippen molar-refractivity contribution in [2.24, 2.45) is 0 Å². The Morgan fingerprint density at radius 2 is 2.29 bits per heavy atom. The quantitative estimate of drug-likeness (QED) is 0.876. The molecule has 2 aromatic rings. The van der Waals surface area contributed by atoms with Crippen molar-refractivity contribution in [2.75, 3.05) is 0 Å². The normalized spacial score (nSPS) is 12.6. The van der Waals surface area contributed by atoms with Crippen LogP contribution in [0.15, 0.2) is 36.0 Å². The van der Waals surface area contributed by atoms with Crippen molar-refractivity contribution in [3.63, 3.8) is 0 Å². The minimum Gasteiger partial charge on any atom is -0.310 e. The van der Waals surface area contributed by atoms with E-state index in [9.17, 15) is 0 Å². The van der Waals surface area contributed by atoms with Crippen LogP contribution in [-0.2, 0) is 13.0 Å². The molecule has 0 aliphatic heterocycles. The summed E-state index contributed by atoms with van der Waals surface area (Å²) < 4.78 is 0. The van der Waals surface area contributed by atoms with E-state index in [1.165, 1.54) is 16.0 Å². The molecule has 90 valence electrons. The highest BCUT2D eigenvalue weighted by Crippen LogP contribution is 2.11. The van der Waals surface area contributed by atoms with Gasteiger partial charge in [0, 0.05) is 29.9 Å². The zero-order valence-electron chi connectivity index (χ0n) is 10.3. The second-order valence-electron chi connectivity index (χ2n) is 4.44. The van der Waals surface area contributed by atoms with Gasteiger partial charge in [-0.2, -0.15) is 0 Å². The Kier molecular flexibility index (Phi) is 4.29. The van der Waals surface area contributed by atoms with E-state index in [1.54, 1.807) is 0 Å². The van der Waals surface area contributed by atoms with Crippen LogP contribution >= 0.6 is 11.3 Å². The van der Waals surface area contributed by atoms with Crippen molar-refractivity contribution >= 4 is 11.3 Å². The first-order chi connectivity index (χ1) is 8.24. The molecular formula is C14H18N2S. The van der Waals surface area contributed by atoms with Crippen LogP contribution in [-0.4, -0.2) is 11.0 Å². The molecule has 2 rings (SSSR count). The predicted molar refractivity (Wildman–Crippen MR) is 73.3 cm³/mol. The minimum atomic E-state index is 0.495. The second kappa shape index (κ2) is 5.94. The Balaban J connectivity index is 1.82. The molecule has 0 aromatic carbocycles. The molecule has 0 radical (unpaired) electrons. The summed E-state index contributed by atoms with van der Waals surface area (Å²) in [5.74, 6) is 0. The SMILES string of the molecule is Cc1cncc(CNC(C)Cc2cccs2)c1. The van der Waals surface area contributed by atoms with Gasteiger partial charge >= 0.3 is 0 Å². The van der Waals surface area contributed by atoms with Crippen LogP contribution in [0.2, 0.25) is 0 Å². The Morgan fingerprint density at radius 3 is 3.00 bits per heavy atom. The molecule has 0 bridgehead atoms. The van der Waals surface area contributed by atoms with Crippen molar-refractivity contribution in [3.05, 3.63) is 52.0 Å². The first kappa shape index (κ1) is 12.3. The van der Waals surface area contributed by atoms with Gasteiger partial charge in [-0.1, -0.05) is 12.1 Å². The number of hydrogen-bond acceptors (Lipinski definition) is 3. The van der Waals surface area contributed by atoms with Crippen LogP contribution < -0.4 is 5.32 Å². The summed E-state index contributed by atoms with van der Waals surface area (Å²) >= 11 is 1.82. The fourth-order valence-electron chi connectivity index (χ4n) is 1.81. The van der Waals surface area contributed by atoms with Gasteiger partial charge < -0.3 is 5.32 Å². The van der Waals surface area contributed by atoms with E-state index < -0.39 is 0 Å². The summed E-state index contributed by atoms with van der Waals surface area (Å²) in [4.78, 5) is 5.64. The molecule has 1 unspecified atom stereocenters. The zero-order chi connectivity index (χ0) is 12.1. The largest absolute Gasteiger partial charge is 0.310 e. The number of nitrogens with zero attached hydrogens (tertiary/aromatic N) is 1. The molecule has 1 N–H and O–H groups in total. The van der Waals surface area contributed by atoms with Gasteiger partial charge in [-0.05, 0) is 42.8 Å². The van der Waals surface area contributed by atoms with Crippen LogP contribution in [0.4, 0.5) is 0 Å². The average Bonchev–Trinajstić information content (AvgIpc) is 2.79. The monoisotopic (exact) mass is 246 g/mol. The Hall–Kier alpha value is -1.19. The number of rotatable bonds is 5. The summed E-state index contributed by atoms with van der Waals surface area (Å²) in [7, 11) is 0. The van der Waals surface area contributed by atoms with Crippen molar-refractivity contribution in [3.8, 4) is 0 Å². The summed E-state index contributed by atoms with van der Waals surface area (Å²) in [5, 5.41) is 5.66. The molecule has 0 saturated carbocycles. The van der Waals surface area contributed by atoms with E-state index in [4.69, 9.17) is 0 Å². The van der Waals surface area contributed by atoms with Gasteiger partial charge in [-0.15, -0.1) is 11.3 Å². The van der Waals surface area contributed by atoms with Crippen molar-refractivity contribution in [1.82, 2.24) is 10.3 Å². The predicted octanol–water partition coefficient (Wildman–Crippen LogP) is 3.17. The summed E-state index contributed by atoms with van der Waals surface area (Å²) in [6.07, 6.45) is 4.91. The maximum Gasteiger partial charge on any atom is 0.0313 e. The lowest BCUT2D eigenvalue weighted by atomic mass is 10.2. The number of aromatic nitrogens is 1. The highest BCUT2D eigenvalue weighted by molar-refractivity contribution is 7.09. The zero-order valence-corrected chi connectivity index (χ0v) is 11.1. The van der Waals surface area contributed by atoms with E-state index in [2.05, 4.69) is 47.7 Å². The van der Waals surface area contributed by atoms with Crippen LogP contribution in [0.3, 0.4) is 0 Å². The van der Waals surface area contributed by atoms with Crippen LogP contribution in [0.25, 0.3) is 0 Å². The summed E-state index contributed by atoms with van der Waals surface area (Å²) in [6, 6.07) is 6.97. The van der Waals surface area contributed by atoms with Crippen LogP contribution in [0.5, 0.6) is 0 Å². The van der Waals surface area contributed by atoms with E-state index in [-0.39, 0.29) is 0 Å². The van der Waals surface area contributed by atoms with Gasteiger partial charge in [0.2, 0.25) is 0 Å². The summed E-state index contributed by atoms with van der Waals surface area (Å²) in [5.41, 5.74) is 2.47. The molecule has 1 atom stereocenters. The number of thiophene rings is 1. The topological polar surface area (TPSA) is 24.9 Å². The van der Waals surface area contributed by atoms with Crippen molar-refractivity contribution in [2.45, 2.75) is 32.9 Å². The number of pyridine rings is 1. The smallest absolute Gasteiger partial charge is 0.0313 e. The number of nitrogens with one attached hydrogen (secondary N) is 1. The highest BCUT2D eigenvalue weighted by atomic mass is 32.1. The summed E-state index contributed by atoms with van der Waals surface area (Å²) in [6.45, 7) is 5.19. The third-order valence-corrected chi connectivity index (χ3v) is 3.57. The van der Waals surface area contributed by atoms with E-state index in [0.29, 0.717) is 6.04 Å². The molecule has 3 heteroatoms. The fraction of sp³-hybridized carbons (Fsp3) is 0.357. The molecular weight excluding hydrogens is 228 g/mol. The first-order valence-electron chi connectivity index (χ1n) is 5.90. The molecule has 0 fully saturated rings. The highest BCUT2D eigenvalue weighted by Gasteiger charge is 2.04. The molecule has 0 aliphatic carbocycles. The second-order valence-corrected chi connectivity index (χ2v) is 5.47. The molecule has 0 aliphatic rings. The molecule has 2 aromatic heterocycles. The van der Waals surface area contributed by atoms with E-state index >= 15 is 0 Å². The lowest BCUT2D eigenvalue weighted by molar-refractivity contribution is 0.548. The Morgan fingerprint density at radius 1 is 1.41 bits per heavy atom. The Bertz CT molecular complexity index is 451. The van der Waals surface area contributed by atoms with Crippen molar-refractivity contribution in [1.29, 1.82) is 0 Å². The van der Waals surface area contributed by atoms with Gasteiger partial charge in [0.1, 0.15) is 0 Å². The lowest BCUT2D eigenvalue weighted by Gasteiger charge is -2.12. The van der Waals surface area contributed by atoms with Crippen LogP contribution in [0.1, 0.15) is 22.9 Å².